The predicted molar refractivity (Wildman–Crippen MR) is 71.4 cm³/mol. The molecule has 1 N–H and O–H groups in total. The van der Waals surface area contributed by atoms with E-state index in [0.717, 1.165) is 18.0 Å². The molecule has 0 aliphatic rings. The van der Waals surface area contributed by atoms with Gasteiger partial charge in [0.05, 0.1) is 6.61 Å². The first-order valence-electron chi connectivity index (χ1n) is 6.08. The maximum Gasteiger partial charge on any atom is 0.411 e. The molecule has 0 saturated heterocycles. The minimum atomic E-state index is -4.24. The first-order chi connectivity index (χ1) is 9.01. The number of benzene rings is 1. The van der Waals surface area contributed by atoms with E-state index in [1.807, 2.05) is 31.2 Å². The van der Waals surface area contributed by atoms with E-state index >= 15 is 0 Å². The molecule has 108 valence electrons. The lowest BCUT2D eigenvalue weighted by Gasteiger charge is -2.07. The molecule has 0 heterocycles. The van der Waals surface area contributed by atoms with Gasteiger partial charge in [-0.25, -0.2) is 0 Å². The Hall–Kier alpha value is -0.720. The zero-order chi connectivity index (χ0) is 14.1. The fourth-order valence-electron chi connectivity index (χ4n) is 1.38. The molecule has 0 amide bonds. The molecule has 19 heavy (non-hydrogen) atoms. The zero-order valence-corrected chi connectivity index (χ0v) is 11.6. The van der Waals surface area contributed by atoms with Crippen LogP contribution in [0.2, 0.25) is 0 Å². The Bertz CT molecular complexity index is 354. The van der Waals surface area contributed by atoms with Crippen LogP contribution in [0.4, 0.5) is 13.2 Å². The van der Waals surface area contributed by atoms with Crippen molar-refractivity contribution in [1.29, 1.82) is 0 Å². The lowest BCUT2D eigenvalue weighted by molar-refractivity contribution is -0.172. The van der Waals surface area contributed by atoms with Gasteiger partial charge < -0.3 is 10.1 Å². The van der Waals surface area contributed by atoms with Crippen molar-refractivity contribution in [2.75, 3.05) is 25.5 Å². The summed E-state index contributed by atoms with van der Waals surface area (Å²) >= 11 is 1.49. The van der Waals surface area contributed by atoms with Gasteiger partial charge in [0, 0.05) is 17.2 Å². The minimum Gasteiger partial charge on any atom is -0.371 e. The third-order valence-electron chi connectivity index (χ3n) is 2.26. The molecule has 0 saturated carbocycles. The maximum atomic E-state index is 11.8. The molecule has 0 unspecified atom stereocenters. The van der Waals surface area contributed by atoms with Crippen molar-refractivity contribution < 1.29 is 17.9 Å². The molecule has 0 aliphatic heterocycles. The molecule has 1 rings (SSSR count). The Balaban J connectivity index is 2.19. The zero-order valence-electron chi connectivity index (χ0n) is 10.8. The number of hydrogen-bond donors (Lipinski definition) is 1. The van der Waals surface area contributed by atoms with Crippen molar-refractivity contribution in [1.82, 2.24) is 5.32 Å². The minimum absolute atomic E-state index is 0.101. The van der Waals surface area contributed by atoms with E-state index in [2.05, 4.69) is 10.1 Å². The summed E-state index contributed by atoms with van der Waals surface area (Å²) in [6.07, 6.45) is -4.24. The Morgan fingerprint density at radius 2 is 1.89 bits per heavy atom. The van der Waals surface area contributed by atoms with Crippen LogP contribution in [0.25, 0.3) is 0 Å². The highest BCUT2D eigenvalue weighted by Gasteiger charge is 2.27. The molecule has 1 aromatic rings. The second-order valence-corrected chi connectivity index (χ2v) is 5.11. The lowest BCUT2D eigenvalue weighted by Crippen LogP contribution is -2.17. The second-order valence-electron chi connectivity index (χ2n) is 3.94. The summed E-state index contributed by atoms with van der Waals surface area (Å²) in [6, 6.07) is 7.98. The van der Waals surface area contributed by atoms with Gasteiger partial charge in [-0.3, -0.25) is 0 Å². The van der Waals surface area contributed by atoms with Crippen LogP contribution in [-0.2, 0) is 11.3 Å². The number of rotatable bonds is 8. The molecular weight excluding hydrogens is 275 g/mol. The summed E-state index contributed by atoms with van der Waals surface area (Å²) in [5.41, 5.74) is 1.19. The summed E-state index contributed by atoms with van der Waals surface area (Å²) in [6.45, 7) is 2.73. The van der Waals surface area contributed by atoms with Gasteiger partial charge in [0.1, 0.15) is 6.61 Å². The molecule has 1 aromatic carbocycles. The van der Waals surface area contributed by atoms with E-state index in [4.69, 9.17) is 0 Å². The van der Waals surface area contributed by atoms with Crippen molar-refractivity contribution >= 4 is 11.8 Å². The smallest absolute Gasteiger partial charge is 0.371 e. The van der Waals surface area contributed by atoms with Crippen molar-refractivity contribution in [2.24, 2.45) is 0 Å². The molecule has 0 aromatic heterocycles. The highest BCUT2D eigenvalue weighted by Crippen LogP contribution is 2.19. The first kappa shape index (κ1) is 16.3. The van der Waals surface area contributed by atoms with Gasteiger partial charge >= 0.3 is 6.18 Å². The second kappa shape index (κ2) is 8.45. The number of halogens is 3. The molecule has 0 fully saturated rings. The van der Waals surface area contributed by atoms with E-state index in [9.17, 15) is 13.2 Å². The van der Waals surface area contributed by atoms with Crippen LogP contribution in [0.5, 0.6) is 0 Å². The highest BCUT2D eigenvalue weighted by atomic mass is 32.2. The SMILES string of the molecule is CCNCc1ccc(SCCOCC(F)(F)F)cc1. The topological polar surface area (TPSA) is 21.3 Å². The van der Waals surface area contributed by atoms with Crippen molar-refractivity contribution in [3.63, 3.8) is 0 Å². The molecule has 0 radical (unpaired) electrons. The number of thioether (sulfide) groups is 1. The van der Waals surface area contributed by atoms with Gasteiger partial charge in [-0.05, 0) is 24.2 Å². The van der Waals surface area contributed by atoms with Gasteiger partial charge in [-0.1, -0.05) is 19.1 Å². The molecule has 2 nitrogen and oxygen atoms in total. The maximum absolute atomic E-state index is 11.8. The van der Waals surface area contributed by atoms with Crippen LogP contribution in [-0.4, -0.2) is 31.7 Å². The average molecular weight is 293 g/mol. The Morgan fingerprint density at radius 1 is 1.21 bits per heavy atom. The van der Waals surface area contributed by atoms with Crippen molar-refractivity contribution in [3.05, 3.63) is 29.8 Å². The van der Waals surface area contributed by atoms with E-state index in [-0.39, 0.29) is 6.61 Å². The predicted octanol–water partition coefficient (Wildman–Crippen LogP) is 3.47. The fourth-order valence-corrected chi connectivity index (χ4v) is 2.14. The van der Waals surface area contributed by atoms with Crippen LogP contribution >= 0.6 is 11.8 Å². The Kier molecular flexibility index (Phi) is 7.27. The molecule has 0 aliphatic carbocycles. The third kappa shape index (κ3) is 8.13. The van der Waals surface area contributed by atoms with Crippen LogP contribution in [0.15, 0.2) is 29.2 Å². The number of ether oxygens (including phenoxy) is 1. The molecule has 0 bridgehead atoms. The van der Waals surface area contributed by atoms with E-state index in [1.54, 1.807) is 0 Å². The molecule has 6 heteroatoms. The van der Waals surface area contributed by atoms with Crippen molar-refractivity contribution in [3.8, 4) is 0 Å². The summed E-state index contributed by atoms with van der Waals surface area (Å²) in [5.74, 6) is 0.517. The normalized spacial score (nSPS) is 11.8. The van der Waals surface area contributed by atoms with Gasteiger partial charge in [-0.2, -0.15) is 13.2 Å². The van der Waals surface area contributed by atoms with E-state index in [0.29, 0.717) is 5.75 Å². The highest BCUT2D eigenvalue weighted by molar-refractivity contribution is 7.99. The van der Waals surface area contributed by atoms with E-state index in [1.165, 1.54) is 17.3 Å². The molecular formula is C13H18F3NOS. The average Bonchev–Trinajstić information content (AvgIpc) is 2.36. The van der Waals surface area contributed by atoms with Crippen molar-refractivity contribution in [2.45, 2.75) is 24.5 Å². The lowest BCUT2D eigenvalue weighted by atomic mass is 10.2. The standard InChI is InChI=1S/C13H18F3NOS/c1-2-17-9-11-3-5-12(6-4-11)19-8-7-18-10-13(14,15)16/h3-6,17H,2,7-10H2,1H3. The summed E-state index contributed by atoms with van der Waals surface area (Å²) in [5, 5.41) is 3.22. The molecule has 0 atom stereocenters. The van der Waals surface area contributed by atoms with Crippen LogP contribution in [0, 0.1) is 0 Å². The van der Waals surface area contributed by atoms with Gasteiger partial charge in [0.2, 0.25) is 0 Å². The monoisotopic (exact) mass is 293 g/mol. The third-order valence-corrected chi connectivity index (χ3v) is 3.24. The van der Waals surface area contributed by atoms with Crippen LogP contribution in [0.3, 0.4) is 0 Å². The summed E-state index contributed by atoms with van der Waals surface area (Å²) in [4.78, 5) is 1.04. The van der Waals surface area contributed by atoms with Gasteiger partial charge in [0.15, 0.2) is 0 Å². The summed E-state index contributed by atoms with van der Waals surface area (Å²) in [7, 11) is 0. The number of hydrogen-bond acceptors (Lipinski definition) is 3. The fraction of sp³-hybridized carbons (Fsp3) is 0.538. The quantitative estimate of drug-likeness (QED) is 0.586. The Labute approximate surface area is 115 Å². The first-order valence-corrected chi connectivity index (χ1v) is 7.07. The van der Waals surface area contributed by atoms with Crippen LogP contribution in [0.1, 0.15) is 12.5 Å². The van der Waals surface area contributed by atoms with Crippen LogP contribution < -0.4 is 5.32 Å². The van der Waals surface area contributed by atoms with Gasteiger partial charge in [-0.15, -0.1) is 11.8 Å². The Morgan fingerprint density at radius 3 is 2.47 bits per heavy atom. The summed E-state index contributed by atoms with van der Waals surface area (Å²) < 4.78 is 40.0. The molecule has 0 spiro atoms. The van der Waals surface area contributed by atoms with E-state index < -0.39 is 12.8 Å². The number of alkyl halides is 3. The van der Waals surface area contributed by atoms with Gasteiger partial charge in [0.25, 0.3) is 0 Å². The number of nitrogens with one attached hydrogen (secondary N) is 1. The largest absolute Gasteiger partial charge is 0.411 e.